The Labute approximate surface area is 143 Å². The molecule has 25 heavy (non-hydrogen) atoms. The molecule has 1 N–H and O–H groups in total. The van der Waals surface area contributed by atoms with E-state index in [0.717, 1.165) is 6.07 Å². The van der Waals surface area contributed by atoms with Gasteiger partial charge in [-0.1, -0.05) is 5.21 Å². The summed E-state index contributed by atoms with van der Waals surface area (Å²) in [6, 6.07) is 6.94. The van der Waals surface area contributed by atoms with Crippen LogP contribution in [0.2, 0.25) is 0 Å². The molecule has 0 unspecified atom stereocenters. The minimum Gasteiger partial charge on any atom is -0.494 e. The van der Waals surface area contributed by atoms with Gasteiger partial charge in [-0.3, -0.25) is 4.98 Å². The van der Waals surface area contributed by atoms with Crippen molar-refractivity contribution in [2.45, 2.75) is 11.4 Å². The van der Waals surface area contributed by atoms with Gasteiger partial charge in [-0.25, -0.2) is 22.2 Å². The molecule has 1 aromatic carbocycles. The van der Waals surface area contributed by atoms with Gasteiger partial charge in [0.05, 0.1) is 42.3 Å². The third kappa shape index (κ3) is 3.80. The average Bonchev–Trinajstić information content (AvgIpc) is 3.10. The van der Waals surface area contributed by atoms with E-state index in [1.165, 1.54) is 23.9 Å². The minimum absolute atomic E-state index is 0.0293. The molecule has 0 radical (unpaired) electrons. The predicted octanol–water partition coefficient (Wildman–Crippen LogP) is 1.29. The van der Waals surface area contributed by atoms with Crippen LogP contribution in [0.4, 0.5) is 4.39 Å². The molecule has 0 aliphatic heterocycles. The maximum atomic E-state index is 13.7. The fraction of sp³-hybridized carbons (Fsp3) is 0.133. The summed E-state index contributed by atoms with van der Waals surface area (Å²) in [7, 11) is -2.59. The zero-order valence-electron chi connectivity index (χ0n) is 13.1. The Morgan fingerprint density at radius 3 is 2.84 bits per heavy atom. The van der Waals surface area contributed by atoms with Gasteiger partial charge in [-0.15, -0.1) is 5.10 Å². The monoisotopic (exact) mass is 363 g/mol. The maximum absolute atomic E-state index is 13.7. The van der Waals surface area contributed by atoms with Crippen LogP contribution in [0, 0.1) is 5.82 Å². The van der Waals surface area contributed by atoms with E-state index >= 15 is 0 Å². The Bertz CT molecular complexity index is 976. The Balaban J connectivity index is 1.72. The Kier molecular flexibility index (Phi) is 4.72. The van der Waals surface area contributed by atoms with Gasteiger partial charge < -0.3 is 4.74 Å². The number of hydrogen-bond donors (Lipinski definition) is 1. The molecule has 2 heterocycles. The molecule has 0 fully saturated rings. The number of pyridine rings is 1. The number of halogens is 1. The van der Waals surface area contributed by atoms with Crippen LogP contribution in [-0.4, -0.2) is 35.5 Å². The summed E-state index contributed by atoms with van der Waals surface area (Å²) in [4.78, 5) is 3.77. The molecule has 0 aliphatic carbocycles. The summed E-state index contributed by atoms with van der Waals surface area (Å²) < 4.78 is 46.8. The van der Waals surface area contributed by atoms with Gasteiger partial charge in [0.1, 0.15) is 0 Å². The minimum atomic E-state index is -3.90. The fourth-order valence-corrected chi connectivity index (χ4v) is 3.07. The van der Waals surface area contributed by atoms with Gasteiger partial charge >= 0.3 is 0 Å². The number of benzene rings is 1. The number of nitrogens with zero attached hydrogens (tertiary/aromatic N) is 4. The largest absolute Gasteiger partial charge is 0.494 e. The lowest BCUT2D eigenvalue weighted by molar-refractivity contribution is 0.385. The molecule has 130 valence electrons. The molecule has 0 aliphatic rings. The van der Waals surface area contributed by atoms with E-state index in [0.29, 0.717) is 11.4 Å². The van der Waals surface area contributed by atoms with Crippen LogP contribution in [0.15, 0.2) is 53.8 Å². The molecular weight excluding hydrogens is 349 g/mol. The van der Waals surface area contributed by atoms with Gasteiger partial charge in [0.25, 0.3) is 0 Å². The summed E-state index contributed by atoms with van der Waals surface area (Å²) in [6.45, 7) is -0.0871. The molecule has 0 atom stereocenters. The van der Waals surface area contributed by atoms with Crippen molar-refractivity contribution >= 4 is 10.0 Å². The third-order valence-corrected chi connectivity index (χ3v) is 4.73. The van der Waals surface area contributed by atoms with E-state index in [2.05, 4.69) is 20.0 Å². The summed E-state index contributed by atoms with van der Waals surface area (Å²) in [5, 5.41) is 7.81. The number of sulfonamides is 1. The van der Waals surface area contributed by atoms with E-state index < -0.39 is 15.8 Å². The predicted molar refractivity (Wildman–Crippen MR) is 86.1 cm³/mol. The van der Waals surface area contributed by atoms with Crippen molar-refractivity contribution in [3.05, 3.63) is 60.4 Å². The zero-order valence-corrected chi connectivity index (χ0v) is 13.9. The van der Waals surface area contributed by atoms with Crippen LogP contribution in [0.5, 0.6) is 5.75 Å². The summed E-state index contributed by atoms with van der Waals surface area (Å²) in [6.07, 6.45) is 4.81. The van der Waals surface area contributed by atoms with Crippen molar-refractivity contribution in [2.24, 2.45) is 0 Å². The van der Waals surface area contributed by atoms with Gasteiger partial charge in [0.2, 0.25) is 10.0 Å². The second-order valence-electron chi connectivity index (χ2n) is 4.99. The lowest BCUT2D eigenvalue weighted by Gasteiger charge is -2.07. The lowest BCUT2D eigenvalue weighted by Crippen LogP contribution is -2.23. The lowest BCUT2D eigenvalue weighted by atomic mass is 10.3. The van der Waals surface area contributed by atoms with Gasteiger partial charge in [0, 0.05) is 6.20 Å². The van der Waals surface area contributed by atoms with Crippen LogP contribution in [0.25, 0.3) is 5.69 Å². The van der Waals surface area contributed by atoms with Crippen molar-refractivity contribution in [1.29, 1.82) is 0 Å². The van der Waals surface area contributed by atoms with Crippen LogP contribution in [0.3, 0.4) is 0 Å². The zero-order chi connectivity index (χ0) is 17.9. The van der Waals surface area contributed by atoms with Crippen molar-refractivity contribution in [3.63, 3.8) is 0 Å². The molecule has 2 aromatic heterocycles. The quantitative estimate of drug-likeness (QED) is 0.708. The normalized spacial score (nSPS) is 11.4. The maximum Gasteiger partial charge on any atom is 0.241 e. The summed E-state index contributed by atoms with van der Waals surface area (Å²) >= 11 is 0. The molecule has 3 rings (SSSR count). The number of rotatable bonds is 6. The van der Waals surface area contributed by atoms with Gasteiger partial charge in [0.15, 0.2) is 11.6 Å². The highest BCUT2D eigenvalue weighted by Crippen LogP contribution is 2.20. The number of ether oxygens (including phenoxy) is 1. The first-order valence-electron chi connectivity index (χ1n) is 7.14. The standard InChI is InChI=1S/C15H14FN5O3S/c1-24-15-5-4-13(7-14(15)16)25(22,23)18-8-11-10-21(20-19-11)12-3-2-6-17-9-12/h2-7,9-10,18H,8H2,1H3. The van der Waals surface area contributed by atoms with E-state index in [1.54, 1.807) is 30.7 Å². The highest BCUT2D eigenvalue weighted by Gasteiger charge is 2.17. The molecule has 10 heteroatoms. The first-order valence-corrected chi connectivity index (χ1v) is 8.63. The van der Waals surface area contributed by atoms with Crippen molar-refractivity contribution < 1.29 is 17.5 Å². The number of methoxy groups -OCH3 is 1. The number of aromatic nitrogens is 4. The molecule has 0 saturated carbocycles. The molecule has 0 bridgehead atoms. The van der Waals surface area contributed by atoms with E-state index in [1.807, 2.05) is 0 Å². The molecule has 3 aromatic rings. The Morgan fingerprint density at radius 2 is 2.16 bits per heavy atom. The smallest absolute Gasteiger partial charge is 0.241 e. The van der Waals surface area contributed by atoms with Crippen LogP contribution >= 0.6 is 0 Å². The topological polar surface area (TPSA) is 99.0 Å². The van der Waals surface area contributed by atoms with E-state index in [9.17, 15) is 12.8 Å². The second kappa shape index (κ2) is 6.95. The first-order chi connectivity index (χ1) is 12.0. The summed E-state index contributed by atoms with van der Waals surface area (Å²) in [5.41, 5.74) is 1.10. The summed E-state index contributed by atoms with van der Waals surface area (Å²) in [5.74, 6) is -0.786. The van der Waals surface area contributed by atoms with E-state index in [-0.39, 0.29) is 17.2 Å². The fourth-order valence-electron chi connectivity index (χ4n) is 2.06. The van der Waals surface area contributed by atoms with Crippen LogP contribution < -0.4 is 9.46 Å². The highest BCUT2D eigenvalue weighted by atomic mass is 32.2. The van der Waals surface area contributed by atoms with E-state index in [4.69, 9.17) is 4.74 Å². The third-order valence-electron chi connectivity index (χ3n) is 3.33. The second-order valence-corrected chi connectivity index (χ2v) is 6.75. The molecule has 0 saturated heterocycles. The molecule has 8 nitrogen and oxygen atoms in total. The van der Waals surface area contributed by atoms with Crippen molar-refractivity contribution in [2.75, 3.05) is 7.11 Å². The average molecular weight is 363 g/mol. The van der Waals surface area contributed by atoms with Gasteiger partial charge in [-0.05, 0) is 30.3 Å². The highest BCUT2D eigenvalue weighted by molar-refractivity contribution is 7.89. The molecule has 0 amide bonds. The number of nitrogens with one attached hydrogen (secondary N) is 1. The van der Waals surface area contributed by atoms with Crippen molar-refractivity contribution in [3.8, 4) is 11.4 Å². The van der Waals surface area contributed by atoms with Crippen LogP contribution in [-0.2, 0) is 16.6 Å². The number of hydrogen-bond acceptors (Lipinski definition) is 6. The SMILES string of the molecule is COc1ccc(S(=O)(=O)NCc2cn(-c3cccnc3)nn2)cc1F. The molecule has 0 spiro atoms. The molecular formula is C15H14FN5O3S. The Hall–Kier alpha value is -2.85. The van der Waals surface area contributed by atoms with Crippen LogP contribution in [0.1, 0.15) is 5.69 Å². The Morgan fingerprint density at radius 1 is 1.32 bits per heavy atom. The van der Waals surface area contributed by atoms with Crippen molar-refractivity contribution in [1.82, 2.24) is 24.7 Å². The first kappa shape index (κ1) is 17.0. The van der Waals surface area contributed by atoms with Gasteiger partial charge in [-0.2, -0.15) is 0 Å².